The first-order valence-corrected chi connectivity index (χ1v) is 6.25. The molecule has 0 aliphatic carbocycles. The predicted octanol–water partition coefficient (Wildman–Crippen LogP) is 2.65. The van der Waals surface area contributed by atoms with E-state index in [1.165, 1.54) is 0 Å². The number of hydrogen-bond acceptors (Lipinski definition) is 4. The van der Waals surface area contributed by atoms with Crippen molar-refractivity contribution in [2.45, 2.75) is 6.04 Å². The van der Waals surface area contributed by atoms with E-state index in [2.05, 4.69) is 6.07 Å². The molecule has 2 N–H and O–H groups in total. The first kappa shape index (κ1) is 13.9. The van der Waals surface area contributed by atoms with Crippen LogP contribution in [0, 0.1) is 11.3 Å². The van der Waals surface area contributed by atoms with E-state index in [1.807, 2.05) is 30.3 Å². The molecule has 0 heterocycles. The van der Waals surface area contributed by atoms with E-state index in [4.69, 9.17) is 20.5 Å². The summed E-state index contributed by atoms with van der Waals surface area (Å²) >= 11 is 0. The largest absolute Gasteiger partial charge is 0.497 e. The Kier molecular flexibility index (Phi) is 4.59. The maximum atomic E-state index is 8.95. The summed E-state index contributed by atoms with van der Waals surface area (Å²) in [5.74, 6) is 1.17. The summed E-state index contributed by atoms with van der Waals surface area (Å²) in [6.45, 7) is 0.335. The minimum absolute atomic E-state index is 0.215. The van der Waals surface area contributed by atoms with Crippen molar-refractivity contribution in [1.82, 2.24) is 0 Å². The van der Waals surface area contributed by atoms with Gasteiger partial charge in [0.1, 0.15) is 18.1 Å². The van der Waals surface area contributed by atoms with Crippen LogP contribution in [0.15, 0.2) is 48.5 Å². The molecule has 1 unspecified atom stereocenters. The van der Waals surface area contributed by atoms with Crippen molar-refractivity contribution in [2.75, 3.05) is 13.7 Å². The second-order valence-corrected chi connectivity index (χ2v) is 4.34. The Morgan fingerprint density at radius 1 is 1.15 bits per heavy atom. The van der Waals surface area contributed by atoms with Crippen molar-refractivity contribution >= 4 is 0 Å². The number of hydrogen-bond donors (Lipinski definition) is 1. The third-order valence-corrected chi connectivity index (χ3v) is 2.90. The molecule has 2 aromatic rings. The van der Waals surface area contributed by atoms with Gasteiger partial charge < -0.3 is 15.2 Å². The van der Waals surface area contributed by atoms with Crippen LogP contribution in [0.5, 0.6) is 11.5 Å². The van der Waals surface area contributed by atoms with Crippen molar-refractivity contribution in [3.05, 3.63) is 59.7 Å². The molecule has 0 aliphatic heterocycles. The molecule has 2 rings (SSSR count). The van der Waals surface area contributed by atoms with Crippen molar-refractivity contribution in [3.63, 3.8) is 0 Å². The lowest BCUT2D eigenvalue weighted by atomic mass is 10.1. The first-order chi connectivity index (χ1) is 9.72. The number of rotatable bonds is 5. The fourth-order valence-corrected chi connectivity index (χ4v) is 1.82. The molecule has 0 bridgehead atoms. The van der Waals surface area contributed by atoms with Crippen LogP contribution >= 0.6 is 0 Å². The average molecular weight is 268 g/mol. The molecule has 0 fully saturated rings. The standard InChI is InChI=1S/C16H16N2O2/c1-19-14-7-12(10-17)8-15(9-14)20-11-16(18)13-5-3-2-4-6-13/h2-9,16H,11,18H2,1H3. The molecule has 2 aromatic carbocycles. The van der Waals surface area contributed by atoms with Crippen LogP contribution in [0.2, 0.25) is 0 Å². The normalized spacial score (nSPS) is 11.4. The zero-order valence-corrected chi connectivity index (χ0v) is 11.2. The van der Waals surface area contributed by atoms with E-state index >= 15 is 0 Å². The molecule has 4 heteroatoms. The Labute approximate surface area is 118 Å². The second-order valence-electron chi connectivity index (χ2n) is 4.34. The second kappa shape index (κ2) is 6.60. The van der Waals surface area contributed by atoms with Crippen LogP contribution < -0.4 is 15.2 Å². The van der Waals surface area contributed by atoms with Gasteiger partial charge in [0.05, 0.1) is 24.8 Å². The lowest BCUT2D eigenvalue weighted by Crippen LogP contribution is -2.18. The number of methoxy groups -OCH3 is 1. The summed E-state index contributed by atoms with van der Waals surface area (Å²) < 4.78 is 10.8. The van der Waals surface area contributed by atoms with Gasteiger partial charge in [-0.2, -0.15) is 5.26 Å². The highest BCUT2D eigenvalue weighted by molar-refractivity contribution is 5.43. The summed E-state index contributed by atoms with van der Waals surface area (Å²) in [4.78, 5) is 0. The Bertz CT molecular complexity index is 606. The number of nitrogens with two attached hydrogens (primary N) is 1. The minimum atomic E-state index is -0.215. The van der Waals surface area contributed by atoms with E-state index in [0.29, 0.717) is 23.7 Å². The number of ether oxygens (including phenoxy) is 2. The van der Waals surface area contributed by atoms with Crippen molar-refractivity contribution in [3.8, 4) is 17.6 Å². The molecule has 0 aliphatic rings. The van der Waals surface area contributed by atoms with Crippen LogP contribution in [0.4, 0.5) is 0 Å². The highest BCUT2D eigenvalue weighted by Crippen LogP contribution is 2.23. The quantitative estimate of drug-likeness (QED) is 0.905. The zero-order valence-electron chi connectivity index (χ0n) is 11.2. The van der Waals surface area contributed by atoms with Gasteiger partial charge >= 0.3 is 0 Å². The van der Waals surface area contributed by atoms with Gasteiger partial charge in [0.2, 0.25) is 0 Å². The van der Waals surface area contributed by atoms with Gasteiger partial charge in [-0.05, 0) is 17.7 Å². The maximum Gasteiger partial charge on any atom is 0.124 e. The van der Waals surface area contributed by atoms with Gasteiger partial charge in [0.15, 0.2) is 0 Å². The molecule has 0 saturated carbocycles. The van der Waals surface area contributed by atoms with E-state index in [0.717, 1.165) is 5.56 Å². The Hall–Kier alpha value is -2.51. The predicted molar refractivity (Wildman–Crippen MR) is 76.6 cm³/mol. The molecule has 4 nitrogen and oxygen atoms in total. The molecule has 1 atom stereocenters. The van der Waals surface area contributed by atoms with Gasteiger partial charge in [-0.3, -0.25) is 0 Å². The molecule has 0 amide bonds. The van der Waals surface area contributed by atoms with Crippen LogP contribution in [-0.2, 0) is 0 Å². The van der Waals surface area contributed by atoms with Gasteiger partial charge in [-0.15, -0.1) is 0 Å². The van der Waals surface area contributed by atoms with Crippen LogP contribution in [0.25, 0.3) is 0 Å². The molecule has 20 heavy (non-hydrogen) atoms. The van der Waals surface area contributed by atoms with Crippen molar-refractivity contribution in [1.29, 1.82) is 5.26 Å². The smallest absolute Gasteiger partial charge is 0.124 e. The van der Waals surface area contributed by atoms with E-state index in [-0.39, 0.29) is 6.04 Å². The molecule has 0 saturated heterocycles. The highest BCUT2D eigenvalue weighted by atomic mass is 16.5. The van der Waals surface area contributed by atoms with Gasteiger partial charge in [-0.25, -0.2) is 0 Å². The topological polar surface area (TPSA) is 68.3 Å². The molecule has 0 spiro atoms. The summed E-state index contributed by atoms with van der Waals surface area (Å²) in [6, 6.07) is 16.7. The summed E-state index contributed by atoms with van der Waals surface area (Å²) in [5, 5.41) is 8.95. The van der Waals surface area contributed by atoms with E-state index in [1.54, 1.807) is 25.3 Å². The molecule has 102 valence electrons. The molecule has 0 radical (unpaired) electrons. The van der Waals surface area contributed by atoms with Crippen LogP contribution in [0.3, 0.4) is 0 Å². The summed E-state index contributed by atoms with van der Waals surface area (Å²) in [7, 11) is 1.55. The number of nitriles is 1. The van der Waals surface area contributed by atoms with Crippen LogP contribution in [0.1, 0.15) is 17.2 Å². The van der Waals surface area contributed by atoms with Crippen LogP contribution in [-0.4, -0.2) is 13.7 Å². The third-order valence-electron chi connectivity index (χ3n) is 2.90. The lowest BCUT2D eigenvalue weighted by molar-refractivity contribution is 0.288. The Balaban J connectivity index is 2.06. The summed E-state index contributed by atoms with van der Waals surface area (Å²) in [6.07, 6.45) is 0. The van der Waals surface area contributed by atoms with E-state index in [9.17, 15) is 0 Å². The Morgan fingerprint density at radius 2 is 1.85 bits per heavy atom. The summed E-state index contributed by atoms with van der Waals surface area (Å²) in [5.41, 5.74) is 7.57. The van der Waals surface area contributed by atoms with Gasteiger partial charge in [0.25, 0.3) is 0 Å². The average Bonchev–Trinajstić information content (AvgIpc) is 2.53. The van der Waals surface area contributed by atoms with Crippen molar-refractivity contribution in [2.24, 2.45) is 5.73 Å². The van der Waals surface area contributed by atoms with E-state index < -0.39 is 0 Å². The third kappa shape index (κ3) is 3.50. The van der Waals surface area contributed by atoms with Gasteiger partial charge in [-0.1, -0.05) is 30.3 Å². The SMILES string of the molecule is COc1cc(C#N)cc(OCC(N)c2ccccc2)c1. The minimum Gasteiger partial charge on any atom is -0.497 e. The first-order valence-electron chi connectivity index (χ1n) is 6.25. The lowest BCUT2D eigenvalue weighted by Gasteiger charge is -2.14. The fourth-order valence-electron chi connectivity index (χ4n) is 1.82. The zero-order chi connectivity index (χ0) is 14.4. The molecule has 0 aromatic heterocycles. The molecular weight excluding hydrogens is 252 g/mol. The fraction of sp³-hybridized carbons (Fsp3) is 0.188. The highest BCUT2D eigenvalue weighted by Gasteiger charge is 2.08. The number of benzene rings is 2. The Morgan fingerprint density at radius 3 is 2.50 bits per heavy atom. The monoisotopic (exact) mass is 268 g/mol. The number of nitrogens with zero attached hydrogens (tertiary/aromatic N) is 1. The van der Waals surface area contributed by atoms with Gasteiger partial charge in [0, 0.05) is 6.07 Å². The van der Waals surface area contributed by atoms with Crippen molar-refractivity contribution < 1.29 is 9.47 Å². The molecular formula is C16H16N2O2. The maximum absolute atomic E-state index is 8.95.